The number of hydrogen-bond donors (Lipinski definition) is 2. The van der Waals surface area contributed by atoms with Crippen molar-refractivity contribution in [3.63, 3.8) is 0 Å². The van der Waals surface area contributed by atoms with E-state index in [9.17, 15) is 13.2 Å². The van der Waals surface area contributed by atoms with Crippen LogP contribution in [0.15, 0.2) is 82.2 Å². The van der Waals surface area contributed by atoms with Gasteiger partial charge in [-0.05, 0) is 73.5 Å². The first kappa shape index (κ1) is 22.8. The lowest BCUT2D eigenvalue weighted by atomic mass is 10.1. The summed E-state index contributed by atoms with van der Waals surface area (Å²) in [6.45, 7) is 3.69. The zero-order valence-electron chi connectivity index (χ0n) is 17.1. The topological polar surface area (TPSA) is 84.5 Å². The molecule has 0 aliphatic heterocycles. The van der Waals surface area contributed by atoms with Gasteiger partial charge in [0.05, 0.1) is 4.90 Å². The highest BCUT2D eigenvalue weighted by molar-refractivity contribution is 9.10. The Hall–Kier alpha value is -2.84. The van der Waals surface area contributed by atoms with Gasteiger partial charge in [-0.1, -0.05) is 41.1 Å². The van der Waals surface area contributed by atoms with Crippen molar-refractivity contribution < 1.29 is 17.9 Å². The number of carbonyl (C=O) groups excluding carboxylic acids is 1. The fourth-order valence-corrected chi connectivity index (χ4v) is 4.17. The van der Waals surface area contributed by atoms with Crippen molar-refractivity contribution in [1.29, 1.82) is 0 Å². The molecule has 0 aliphatic carbocycles. The van der Waals surface area contributed by atoms with Gasteiger partial charge in [0.25, 0.3) is 15.9 Å². The number of rotatable bonds is 8. The average molecular weight is 503 g/mol. The van der Waals surface area contributed by atoms with Crippen molar-refractivity contribution in [2.24, 2.45) is 0 Å². The van der Waals surface area contributed by atoms with E-state index in [2.05, 4.69) is 26.0 Å². The number of ether oxygens (including phenoxy) is 1. The van der Waals surface area contributed by atoms with Gasteiger partial charge in [0.1, 0.15) is 5.75 Å². The molecule has 1 unspecified atom stereocenters. The molecule has 3 aromatic rings. The molecule has 0 aromatic heterocycles. The van der Waals surface area contributed by atoms with Gasteiger partial charge in [-0.2, -0.15) is 0 Å². The van der Waals surface area contributed by atoms with E-state index in [1.165, 1.54) is 12.1 Å². The highest BCUT2D eigenvalue weighted by atomic mass is 79.9. The molecular weight excluding hydrogens is 480 g/mol. The molecule has 3 aromatic carbocycles. The maximum absolute atomic E-state index is 12.6. The Labute approximate surface area is 190 Å². The van der Waals surface area contributed by atoms with Crippen LogP contribution in [0.3, 0.4) is 0 Å². The first-order valence-electron chi connectivity index (χ1n) is 9.72. The van der Waals surface area contributed by atoms with Crippen molar-refractivity contribution in [3.8, 4) is 5.75 Å². The minimum atomic E-state index is -3.74. The summed E-state index contributed by atoms with van der Waals surface area (Å²) in [4.78, 5) is 12.6. The predicted molar refractivity (Wildman–Crippen MR) is 126 cm³/mol. The molecule has 6 nitrogen and oxygen atoms in total. The number of halogens is 1. The maximum Gasteiger partial charge on any atom is 0.265 e. The molecule has 0 aliphatic rings. The van der Waals surface area contributed by atoms with Crippen molar-refractivity contribution >= 4 is 43.2 Å². The smallest absolute Gasteiger partial charge is 0.265 e. The van der Waals surface area contributed by atoms with Crippen LogP contribution in [-0.2, 0) is 21.2 Å². The van der Waals surface area contributed by atoms with Crippen molar-refractivity contribution in [2.75, 3.05) is 10.0 Å². The molecule has 0 saturated heterocycles. The summed E-state index contributed by atoms with van der Waals surface area (Å²) in [6, 6.07) is 20.4. The number of anilines is 2. The van der Waals surface area contributed by atoms with Crippen LogP contribution in [-0.4, -0.2) is 20.4 Å². The third-order valence-electron chi connectivity index (χ3n) is 4.56. The van der Waals surface area contributed by atoms with Crippen molar-refractivity contribution in [3.05, 3.63) is 82.8 Å². The van der Waals surface area contributed by atoms with Gasteiger partial charge < -0.3 is 10.1 Å². The molecule has 162 valence electrons. The molecule has 1 atom stereocenters. The SMILES string of the molecule is CCc1ccccc1OC(C)C(=O)Nc1ccc(S(=O)(=O)Nc2ccc(Br)cc2)cc1. The van der Waals surface area contributed by atoms with Crippen LogP contribution < -0.4 is 14.8 Å². The van der Waals surface area contributed by atoms with Crippen molar-refractivity contribution in [2.45, 2.75) is 31.3 Å². The summed E-state index contributed by atoms with van der Waals surface area (Å²) >= 11 is 3.31. The zero-order valence-corrected chi connectivity index (χ0v) is 19.5. The lowest BCUT2D eigenvalue weighted by Crippen LogP contribution is -2.30. The van der Waals surface area contributed by atoms with Gasteiger partial charge in [0, 0.05) is 15.8 Å². The van der Waals surface area contributed by atoms with Crippen LogP contribution in [0.5, 0.6) is 5.75 Å². The summed E-state index contributed by atoms with van der Waals surface area (Å²) in [5, 5.41) is 2.75. The lowest BCUT2D eigenvalue weighted by molar-refractivity contribution is -0.122. The fourth-order valence-electron chi connectivity index (χ4n) is 2.85. The number of hydrogen-bond acceptors (Lipinski definition) is 4. The second-order valence-electron chi connectivity index (χ2n) is 6.85. The van der Waals surface area contributed by atoms with Gasteiger partial charge in [0.2, 0.25) is 0 Å². The van der Waals surface area contributed by atoms with Crippen LogP contribution in [0.4, 0.5) is 11.4 Å². The molecule has 8 heteroatoms. The summed E-state index contributed by atoms with van der Waals surface area (Å²) < 4.78 is 34.3. The van der Waals surface area contributed by atoms with Crippen molar-refractivity contribution in [1.82, 2.24) is 0 Å². The summed E-state index contributed by atoms with van der Waals surface area (Å²) in [7, 11) is -3.74. The number of carbonyl (C=O) groups is 1. The highest BCUT2D eigenvalue weighted by Gasteiger charge is 2.18. The van der Waals surface area contributed by atoms with Gasteiger partial charge in [-0.15, -0.1) is 0 Å². The van der Waals surface area contributed by atoms with E-state index >= 15 is 0 Å². The van der Waals surface area contributed by atoms with E-state index in [1.54, 1.807) is 43.3 Å². The number of nitrogens with one attached hydrogen (secondary N) is 2. The van der Waals surface area contributed by atoms with Gasteiger partial charge in [-0.25, -0.2) is 8.42 Å². The van der Waals surface area contributed by atoms with E-state index in [1.807, 2.05) is 31.2 Å². The number of sulfonamides is 1. The van der Waals surface area contributed by atoms with E-state index in [0.29, 0.717) is 17.1 Å². The quantitative estimate of drug-likeness (QED) is 0.442. The fraction of sp³-hybridized carbons (Fsp3) is 0.174. The highest BCUT2D eigenvalue weighted by Crippen LogP contribution is 2.22. The first-order chi connectivity index (χ1) is 14.8. The molecule has 0 spiro atoms. The third-order valence-corrected chi connectivity index (χ3v) is 6.48. The molecule has 31 heavy (non-hydrogen) atoms. The van der Waals surface area contributed by atoms with Gasteiger partial charge in [0.15, 0.2) is 6.10 Å². The normalized spacial score (nSPS) is 12.1. The molecule has 1 amide bonds. The van der Waals surface area contributed by atoms with Crippen LogP contribution in [0, 0.1) is 0 Å². The predicted octanol–water partition coefficient (Wildman–Crippen LogP) is 5.22. The molecule has 2 N–H and O–H groups in total. The molecule has 0 saturated carbocycles. The Morgan fingerprint density at radius 2 is 1.58 bits per heavy atom. The second-order valence-corrected chi connectivity index (χ2v) is 9.45. The van der Waals surface area contributed by atoms with E-state index < -0.39 is 16.1 Å². The van der Waals surface area contributed by atoms with Crippen LogP contribution in [0.2, 0.25) is 0 Å². The molecule has 0 fully saturated rings. The van der Waals surface area contributed by atoms with Crippen LogP contribution in [0.1, 0.15) is 19.4 Å². The minimum Gasteiger partial charge on any atom is -0.481 e. The standard InChI is InChI=1S/C23H23BrN2O4S/c1-3-17-6-4-5-7-22(17)30-16(2)23(27)25-19-12-14-21(15-13-19)31(28,29)26-20-10-8-18(24)9-11-20/h4-16,26H,3H2,1-2H3,(H,25,27). The molecule has 0 heterocycles. The number of amides is 1. The van der Waals surface area contributed by atoms with E-state index in [-0.39, 0.29) is 10.8 Å². The Balaban J connectivity index is 1.64. The van der Waals surface area contributed by atoms with E-state index in [4.69, 9.17) is 4.74 Å². The molecule has 3 rings (SSSR count). The largest absolute Gasteiger partial charge is 0.481 e. The summed E-state index contributed by atoms with van der Waals surface area (Å²) in [5.74, 6) is 0.350. The lowest BCUT2D eigenvalue weighted by Gasteiger charge is -2.17. The zero-order chi connectivity index (χ0) is 22.4. The Morgan fingerprint density at radius 3 is 2.23 bits per heavy atom. The Kier molecular flexibility index (Phi) is 7.35. The maximum atomic E-state index is 12.6. The third kappa shape index (κ3) is 6.08. The second kappa shape index (κ2) is 9.98. The summed E-state index contributed by atoms with van der Waals surface area (Å²) in [5.41, 5.74) is 1.96. The monoisotopic (exact) mass is 502 g/mol. The molecular formula is C23H23BrN2O4S. The van der Waals surface area contributed by atoms with E-state index in [0.717, 1.165) is 16.5 Å². The Bertz CT molecular complexity index is 1150. The number of para-hydroxylation sites is 1. The first-order valence-corrected chi connectivity index (χ1v) is 12.0. The van der Waals surface area contributed by atoms with Crippen LogP contribution in [0.25, 0.3) is 0 Å². The molecule has 0 bridgehead atoms. The van der Waals surface area contributed by atoms with Crippen LogP contribution >= 0.6 is 15.9 Å². The minimum absolute atomic E-state index is 0.0922. The number of aryl methyl sites for hydroxylation is 1. The Morgan fingerprint density at radius 1 is 0.968 bits per heavy atom. The summed E-state index contributed by atoms with van der Waals surface area (Å²) in [6.07, 6.45) is 0.0875. The van der Waals surface area contributed by atoms with Gasteiger partial charge in [-0.3, -0.25) is 9.52 Å². The average Bonchev–Trinajstić information content (AvgIpc) is 2.76. The number of benzene rings is 3. The molecule has 0 radical (unpaired) electrons. The van der Waals surface area contributed by atoms with Gasteiger partial charge >= 0.3 is 0 Å².